The second-order valence-corrected chi connectivity index (χ2v) is 6.59. The van der Waals surface area contributed by atoms with E-state index in [1.807, 2.05) is 13.0 Å². The van der Waals surface area contributed by atoms with Crippen molar-refractivity contribution in [3.63, 3.8) is 0 Å². The lowest BCUT2D eigenvalue weighted by Crippen LogP contribution is -2.36. The number of anilines is 1. The highest BCUT2D eigenvalue weighted by Crippen LogP contribution is 2.31. The Labute approximate surface area is 137 Å². The van der Waals surface area contributed by atoms with E-state index in [9.17, 15) is 0 Å². The maximum Gasteiger partial charge on any atom is 0.124 e. The van der Waals surface area contributed by atoms with Crippen molar-refractivity contribution >= 4 is 5.82 Å². The lowest BCUT2D eigenvalue weighted by Gasteiger charge is -2.27. The fourth-order valence-corrected chi connectivity index (χ4v) is 3.57. The summed E-state index contributed by atoms with van der Waals surface area (Å²) in [6.07, 6.45) is 2.22. The fraction of sp³-hybridized carbons (Fsp3) is 0.500. The molecule has 4 rings (SSSR count). The summed E-state index contributed by atoms with van der Waals surface area (Å²) < 4.78 is 7.95. The van der Waals surface area contributed by atoms with Crippen LogP contribution < -0.4 is 15.4 Å². The zero-order valence-electron chi connectivity index (χ0n) is 13.6. The van der Waals surface area contributed by atoms with Crippen molar-refractivity contribution in [1.82, 2.24) is 15.1 Å². The van der Waals surface area contributed by atoms with E-state index in [4.69, 9.17) is 4.74 Å². The molecule has 23 heavy (non-hydrogen) atoms. The molecule has 0 amide bonds. The molecule has 5 nitrogen and oxygen atoms in total. The van der Waals surface area contributed by atoms with Crippen molar-refractivity contribution in [2.24, 2.45) is 5.92 Å². The molecule has 2 aromatic rings. The second-order valence-electron chi connectivity index (χ2n) is 6.59. The number of para-hydroxylation sites is 1. The zero-order chi connectivity index (χ0) is 15.6. The topological polar surface area (TPSA) is 51.1 Å². The Morgan fingerprint density at radius 1 is 1.39 bits per heavy atom. The number of rotatable bonds is 3. The summed E-state index contributed by atoms with van der Waals surface area (Å²) in [5.74, 6) is 2.74. The van der Waals surface area contributed by atoms with Gasteiger partial charge in [-0.3, -0.25) is 0 Å². The number of hydrogen-bond donors (Lipinski definition) is 2. The van der Waals surface area contributed by atoms with Gasteiger partial charge in [0, 0.05) is 43.2 Å². The molecule has 5 heteroatoms. The van der Waals surface area contributed by atoms with Crippen LogP contribution in [0.2, 0.25) is 0 Å². The Morgan fingerprint density at radius 2 is 2.30 bits per heavy atom. The van der Waals surface area contributed by atoms with Crippen LogP contribution in [0.1, 0.15) is 30.1 Å². The van der Waals surface area contributed by atoms with Gasteiger partial charge in [-0.1, -0.05) is 18.2 Å². The summed E-state index contributed by atoms with van der Waals surface area (Å²) in [5.41, 5.74) is 2.38. The minimum atomic E-state index is 0.384. The van der Waals surface area contributed by atoms with Gasteiger partial charge in [-0.05, 0) is 25.8 Å². The monoisotopic (exact) mass is 312 g/mol. The van der Waals surface area contributed by atoms with Crippen molar-refractivity contribution in [2.45, 2.75) is 32.4 Å². The van der Waals surface area contributed by atoms with Gasteiger partial charge in [0.1, 0.15) is 11.6 Å². The first-order chi connectivity index (χ1) is 11.3. The maximum atomic E-state index is 5.85. The molecule has 2 aliphatic heterocycles. The Kier molecular flexibility index (Phi) is 3.95. The molecule has 1 aromatic heterocycles. The van der Waals surface area contributed by atoms with Crippen LogP contribution >= 0.6 is 0 Å². The third-order valence-electron chi connectivity index (χ3n) is 4.75. The van der Waals surface area contributed by atoms with Crippen LogP contribution in [0.15, 0.2) is 30.3 Å². The highest BCUT2D eigenvalue weighted by Gasteiger charge is 2.23. The number of benzene rings is 1. The molecule has 0 aliphatic carbocycles. The number of aryl methyl sites for hydroxylation is 1. The SMILES string of the molecule is Cc1cc2n(n1)C[C@H](CN[C@@H]1CCCOc3ccccc31)CN2. The fourth-order valence-electron chi connectivity index (χ4n) is 3.57. The van der Waals surface area contributed by atoms with Crippen LogP contribution in [-0.2, 0) is 6.54 Å². The van der Waals surface area contributed by atoms with Gasteiger partial charge in [0.2, 0.25) is 0 Å². The van der Waals surface area contributed by atoms with E-state index in [-0.39, 0.29) is 0 Å². The van der Waals surface area contributed by atoms with Crippen LogP contribution in [0.5, 0.6) is 5.75 Å². The molecule has 0 bridgehead atoms. The van der Waals surface area contributed by atoms with Crippen LogP contribution in [0.4, 0.5) is 5.82 Å². The number of aromatic nitrogens is 2. The molecular formula is C18H24N4O. The van der Waals surface area contributed by atoms with Gasteiger partial charge < -0.3 is 15.4 Å². The smallest absolute Gasteiger partial charge is 0.124 e. The van der Waals surface area contributed by atoms with Gasteiger partial charge in [0.25, 0.3) is 0 Å². The molecule has 2 atom stereocenters. The van der Waals surface area contributed by atoms with Gasteiger partial charge in [-0.2, -0.15) is 5.10 Å². The number of fused-ring (bicyclic) bond motifs is 2. The first-order valence-electron chi connectivity index (χ1n) is 8.53. The van der Waals surface area contributed by atoms with Crippen molar-refractivity contribution in [3.05, 3.63) is 41.6 Å². The Hall–Kier alpha value is -2.01. The Bertz CT molecular complexity index is 681. The maximum absolute atomic E-state index is 5.85. The molecule has 1 aromatic carbocycles. The molecule has 122 valence electrons. The molecule has 0 saturated heterocycles. The molecule has 0 unspecified atom stereocenters. The molecule has 2 aliphatic rings. The number of nitrogens with one attached hydrogen (secondary N) is 2. The minimum Gasteiger partial charge on any atom is -0.493 e. The first-order valence-corrected chi connectivity index (χ1v) is 8.53. The van der Waals surface area contributed by atoms with Crippen molar-refractivity contribution in [3.8, 4) is 5.75 Å². The van der Waals surface area contributed by atoms with E-state index in [0.29, 0.717) is 12.0 Å². The molecule has 0 saturated carbocycles. The molecule has 0 spiro atoms. The molecule has 0 fully saturated rings. The van der Waals surface area contributed by atoms with Gasteiger partial charge in [-0.15, -0.1) is 0 Å². The largest absolute Gasteiger partial charge is 0.493 e. The zero-order valence-corrected chi connectivity index (χ0v) is 13.6. The summed E-state index contributed by atoms with van der Waals surface area (Å²) in [4.78, 5) is 0. The van der Waals surface area contributed by atoms with Crippen molar-refractivity contribution in [1.29, 1.82) is 0 Å². The molecule has 3 heterocycles. The van der Waals surface area contributed by atoms with E-state index in [1.54, 1.807) is 0 Å². The van der Waals surface area contributed by atoms with E-state index in [2.05, 4.69) is 44.7 Å². The minimum absolute atomic E-state index is 0.384. The van der Waals surface area contributed by atoms with Crippen LogP contribution in [0.25, 0.3) is 0 Å². The quantitative estimate of drug-likeness (QED) is 0.915. The lowest BCUT2D eigenvalue weighted by molar-refractivity contribution is 0.313. The summed E-state index contributed by atoms with van der Waals surface area (Å²) in [5, 5.41) is 11.8. The third kappa shape index (κ3) is 3.06. The average Bonchev–Trinajstić information content (AvgIpc) is 2.81. The summed E-state index contributed by atoms with van der Waals surface area (Å²) in [6.45, 7) is 5.83. The third-order valence-corrected chi connectivity index (χ3v) is 4.75. The van der Waals surface area contributed by atoms with E-state index >= 15 is 0 Å². The highest BCUT2D eigenvalue weighted by atomic mass is 16.5. The van der Waals surface area contributed by atoms with Gasteiger partial charge in [0.05, 0.1) is 12.3 Å². The van der Waals surface area contributed by atoms with Gasteiger partial charge in [0.15, 0.2) is 0 Å². The van der Waals surface area contributed by atoms with E-state index < -0.39 is 0 Å². The first kappa shape index (κ1) is 14.6. The van der Waals surface area contributed by atoms with Crippen LogP contribution in [0.3, 0.4) is 0 Å². The van der Waals surface area contributed by atoms with Crippen LogP contribution in [-0.4, -0.2) is 29.5 Å². The predicted octanol–water partition coefficient (Wildman–Crippen LogP) is 2.74. The Balaban J connectivity index is 1.41. The molecular weight excluding hydrogens is 288 g/mol. The highest BCUT2D eigenvalue weighted by molar-refractivity contribution is 5.38. The van der Waals surface area contributed by atoms with Gasteiger partial charge in [-0.25, -0.2) is 4.68 Å². The number of ether oxygens (including phenoxy) is 1. The standard InChI is InChI=1S/C18H24N4O/c1-13-9-18-20-11-14(12-22(18)21-13)10-19-16-6-4-8-23-17-7-3-2-5-15(16)17/h2-3,5,7,9,14,16,19-20H,4,6,8,10-12H2,1H3/t14-,16-/m1/s1. The van der Waals surface area contributed by atoms with Crippen molar-refractivity contribution < 1.29 is 4.74 Å². The second kappa shape index (κ2) is 6.24. The summed E-state index contributed by atoms with van der Waals surface area (Å²) in [6, 6.07) is 10.9. The Morgan fingerprint density at radius 3 is 3.26 bits per heavy atom. The van der Waals surface area contributed by atoms with Crippen molar-refractivity contribution in [2.75, 3.05) is 25.0 Å². The number of hydrogen-bond acceptors (Lipinski definition) is 4. The summed E-state index contributed by atoms with van der Waals surface area (Å²) in [7, 11) is 0. The van der Waals surface area contributed by atoms with E-state index in [0.717, 1.165) is 56.3 Å². The summed E-state index contributed by atoms with van der Waals surface area (Å²) >= 11 is 0. The van der Waals surface area contributed by atoms with Crippen LogP contribution in [0, 0.1) is 12.8 Å². The molecule has 2 N–H and O–H groups in total. The lowest BCUT2D eigenvalue weighted by atomic mass is 10.0. The van der Waals surface area contributed by atoms with E-state index in [1.165, 1.54) is 5.56 Å². The normalized spacial score (nSPS) is 23.2. The number of nitrogens with zero attached hydrogens (tertiary/aromatic N) is 2. The predicted molar refractivity (Wildman–Crippen MR) is 90.9 cm³/mol. The molecule has 0 radical (unpaired) electrons. The van der Waals surface area contributed by atoms with Gasteiger partial charge >= 0.3 is 0 Å². The average molecular weight is 312 g/mol.